The first kappa shape index (κ1) is 18.5. The van der Waals surface area contributed by atoms with Crippen molar-refractivity contribution in [3.8, 4) is 5.75 Å². The molecule has 2 N–H and O–H groups in total. The van der Waals surface area contributed by atoms with Gasteiger partial charge in [0.15, 0.2) is 5.76 Å². The number of carbonyl (C=O) groups excluding carboxylic acids is 2. The second-order valence-corrected chi connectivity index (χ2v) is 6.11. The van der Waals surface area contributed by atoms with Gasteiger partial charge in [-0.05, 0) is 36.4 Å². The van der Waals surface area contributed by atoms with Crippen molar-refractivity contribution in [2.75, 3.05) is 10.6 Å². The molecule has 0 bridgehead atoms. The van der Waals surface area contributed by atoms with Crippen molar-refractivity contribution >= 4 is 34.8 Å². The lowest BCUT2D eigenvalue weighted by atomic mass is 10.2. The van der Waals surface area contributed by atoms with E-state index >= 15 is 0 Å². The predicted molar refractivity (Wildman–Crippen MR) is 103 cm³/mol. The number of para-hydroxylation sites is 1. The fraction of sp³-hybridized carbons (Fsp3) is 0.100. The maximum atomic E-state index is 12.5. The SMILES string of the molecule is CC(=O)Nc1ccc(NC(=O)c2occc2COc2ccccc2)cc1Cl. The molecule has 0 aliphatic rings. The van der Waals surface area contributed by atoms with Gasteiger partial charge in [0.2, 0.25) is 5.91 Å². The maximum Gasteiger partial charge on any atom is 0.291 e. The summed E-state index contributed by atoms with van der Waals surface area (Å²) in [5.41, 5.74) is 1.57. The standard InChI is InChI=1S/C20H17ClN2O4/c1-13(24)22-18-8-7-15(11-17(18)21)23-20(25)19-14(9-10-26-19)12-27-16-5-3-2-4-6-16/h2-11H,12H2,1H3,(H,22,24)(H,23,25). The lowest BCUT2D eigenvalue weighted by molar-refractivity contribution is -0.114. The van der Waals surface area contributed by atoms with Crippen LogP contribution in [0.2, 0.25) is 5.02 Å². The van der Waals surface area contributed by atoms with Gasteiger partial charge >= 0.3 is 0 Å². The van der Waals surface area contributed by atoms with Crippen LogP contribution in [0.4, 0.5) is 11.4 Å². The van der Waals surface area contributed by atoms with Crippen molar-refractivity contribution < 1.29 is 18.7 Å². The molecule has 0 aliphatic heterocycles. The Bertz CT molecular complexity index is 954. The number of nitrogens with one attached hydrogen (secondary N) is 2. The lowest BCUT2D eigenvalue weighted by Crippen LogP contribution is -2.14. The molecule has 27 heavy (non-hydrogen) atoms. The van der Waals surface area contributed by atoms with Gasteiger partial charge in [0, 0.05) is 18.2 Å². The Hall–Kier alpha value is -3.25. The van der Waals surface area contributed by atoms with Crippen LogP contribution >= 0.6 is 11.6 Å². The number of rotatable bonds is 6. The summed E-state index contributed by atoms with van der Waals surface area (Å²) in [6, 6.07) is 15.8. The van der Waals surface area contributed by atoms with Crippen LogP contribution in [0.25, 0.3) is 0 Å². The largest absolute Gasteiger partial charge is 0.489 e. The summed E-state index contributed by atoms with van der Waals surface area (Å²) in [7, 11) is 0. The van der Waals surface area contributed by atoms with Crippen LogP contribution in [-0.4, -0.2) is 11.8 Å². The summed E-state index contributed by atoms with van der Waals surface area (Å²) >= 11 is 6.12. The third-order valence-corrected chi connectivity index (χ3v) is 3.94. The van der Waals surface area contributed by atoms with Crippen LogP contribution in [0.15, 0.2) is 65.3 Å². The molecular weight excluding hydrogens is 368 g/mol. The Labute approximate surface area is 161 Å². The van der Waals surface area contributed by atoms with Gasteiger partial charge in [0.1, 0.15) is 12.4 Å². The van der Waals surface area contributed by atoms with Crippen LogP contribution in [0.3, 0.4) is 0 Å². The molecule has 2 amide bonds. The fourth-order valence-electron chi connectivity index (χ4n) is 2.40. The first-order valence-electron chi connectivity index (χ1n) is 8.15. The third-order valence-electron chi connectivity index (χ3n) is 3.63. The Morgan fingerprint density at radius 2 is 1.85 bits per heavy atom. The average molecular weight is 385 g/mol. The minimum atomic E-state index is -0.421. The van der Waals surface area contributed by atoms with Crippen LogP contribution in [0, 0.1) is 0 Å². The molecule has 1 heterocycles. The summed E-state index contributed by atoms with van der Waals surface area (Å²) in [6.07, 6.45) is 1.44. The minimum absolute atomic E-state index is 0.160. The fourth-order valence-corrected chi connectivity index (χ4v) is 2.63. The molecule has 6 nitrogen and oxygen atoms in total. The van der Waals surface area contributed by atoms with Gasteiger partial charge in [-0.1, -0.05) is 29.8 Å². The van der Waals surface area contributed by atoms with Crippen LogP contribution in [0.1, 0.15) is 23.0 Å². The van der Waals surface area contributed by atoms with Crippen molar-refractivity contribution in [2.45, 2.75) is 13.5 Å². The van der Waals surface area contributed by atoms with Gasteiger partial charge < -0.3 is 19.8 Å². The highest BCUT2D eigenvalue weighted by Gasteiger charge is 2.17. The molecule has 0 atom stereocenters. The molecule has 0 fully saturated rings. The number of furan rings is 1. The summed E-state index contributed by atoms with van der Waals surface area (Å²) < 4.78 is 11.0. The van der Waals surface area contributed by atoms with Crippen LogP contribution < -0.4 is 15.4 Å². The Balaban J connectivity index is 1.67. The highest BCUT2D eigenvalue weighted by molar-refractivity contribution is 6.34. The summed E-state index contributed by atoms with van der Waals surface area (Å²) in [6.45, 7) is 1.59. The predicted octanol–water partition coefficient (Wildman–Crippen LogP) is 4.72. The topological polar surface area (TPSA) is 80.6 Å². The number of amides is 2. The van der Waals surface area contributed by atoms with Gasteiger partial charge in [-0.25, -0.2) is 0 Å². The molecule has 0 radical (unpaired) electrons. The summed E-state index contributed by atoms with van der Waals surface area (Å²) in [5, 5.41) is 5.64. The molecule has 0 aliphatic carbocycles. The summed E-state index contributed by atoms with van der Waals surface area (Å²) in [4.78, 5) is 23.6. The van der Waals surface area contributed by atoms with E-state index in [4.69, 9.17) is 20.8 Å². The normalized spacial score (nSPS) is 10.3. The number of carbonyl (C=O) groups is 2. The van der Waals surface area contributed by atoms with Crippen molar-refractivity contribution in [2.24, 2.45) is 0 Å². The van der Waals surface area contributed by atoms with E-state index in [1.165, 1.54) is 13.2 Å². The summed E-state index contributed by atoms with van der Waals surface area (Å²) in [5.74, 6) is 0.209. The number of benzene rings is 2. The highest BCUT2D eigenvalue weighted by Crippen LogP contribution is 2.26. The first-order chi connectivity index (χ1) is 13.0. The van der Waals surface area contributed by atoms with Crippen molar-refractivity contribution in [3.63, 3.8) is 0 Å². The minimum Gasteiger partial charge on any atom is -0.489 e. The molecule has 1 aromatic heterocycles. The zero-order valence-corrected chi connectivity index (χ0v) is 15.2. The van der Waals surface area contributed by atoms with Crippen LogP contribution in [0.5, 0.6) is 5.75 Å². The number of hydrogen-bond donors (Lipinski definition) is 2. The first-order valence-corrected chi connectivity index (χ1v) is 8.53. The molecule has 0 unspecified atom stereocenters. The molecule has 2 aromatic carbocycles. The highest BCUT2D eigenvalue weighted by atomic mass is 35.5. The molecule has 7 heteroatoms. The average Bonchev–Trinajstić information content (AvgIpc) is 3.11. The third kappa shape index (κ3) is 4.89. The lowest BCUT2D eigenvalue weighted by Gasteiger charge is -2.09. The monoisotopic (exact) mass is 384 g/mol. The Morgan fingerprint density at radius 1 is 1.07 bits per heavy atom. The van der Waals surface area contributed by atoms with E-state index in [1.54, 1.807) is 24.3 Å². The van der Waals surface area contributed by atoms with E-state index in [0.717, 1.165) is 0 Å². The maximum absolute atomic E-state index is 12.5. The number of anilines is 2. The molecule has 138 valence electrons. The zero-order valence-electron chi connectivity index (χ0n) is 14.5. The zero-order chi connectivity index (χ0) is 19.2. The number of hydrogen-bond acceptors (Lipinski definition) is 4. The van der Waals surface area contributed by atoms with Crippen molar-refractivity contribution in [1.82, 2.24) is 0 Å². The second-order valence-electron chi connectivity index (χ2n) is 5.71. The molecular formula is C20H17ClN2O4. The molecule has 3 aromatic rings. The van der Waals surface area contributed by atoms with Gasteiger partial charge in [0.05, 0.1) is 17.0 Å². The number of halogens is 1. The van der Waals surface area contributed by atoms with Gasteiger partial charge in [0.25, 0.3) is 5.91 Å². The molecule has 3 rings (SSSR count). The van der Waals surface area contributed by atoms with Gasteiger partial charge in [-0.3, -0.25) is 9.59 Å². The van der Waals surface area contributed by atoms with E-state index in [0.29, 0.717) is 27.7 Å². The second kappa shape index (κ2) is 8.42. The van der Waals surface area contributed by atoms with E-state index in [1.807, 2.05) is 30.3 Å². The molecule has 0 saturated carbocycles. The van der Waals surface area contributed by atoms with E-state index in [9.17, 15) is 9.59 Å². The number of ether oxygens (including phenoxy) is 1. The van der Waals surface area contributed by atoms with Crippen molar-refractivity contribution in [1.29, 1.82) is 0 Å². The van der Waals surface area contributed by atoms with Crippen LogP contribution in [-0.2, 0) is 11.4 Å². The Kier molecular flexibility index (Phi) is 5.78. The Morgan fingerprint density at radius 3 is 2.56 bits per heavy atom. The molecule has 0 saturated heterocycles. The molecule has 0 spiro atoms. The van der Waals surface area contributed by atoms with Gasteiger partial charge in [-0.2, -0.15) is 0 Å². The van der Waals surface area contributed by atoms with Gasteiger partial charge in [-0.15, -0.1) is 0 Å². The van der Waals surface area contributed by atoms with Crippen molar-refractivity contribution in [3.05, 3.63) is 77.2 Å². The smallest absolute Gasteiger partial charge is 0.291 e. The van der Waals surface area contributed by atoms with E-state index in [-0.39, 0.29) is 18.3 Å². The van der Waals surface area contributed by atoms with E-state index < -0.39 is 5.91 Å². The quantitative estimate of drug-likeness (QED) is 0.644. The van der Waals surface area contributed by atoms with E-state index in [2.05, 4.69) is 10.6 Å².